The Morgan fingerprint density at radius 2 is 2.24 bits per heavy atom. The molecule has 5 heteroatoms. The second-order valence-electron chi connectivity index (χ2n) is 3.75. The van der Waals surface area contributed by atoms with Gasteiger partial charge in [-0.3, -0.25) is 4.68 Å². The number of rotatable bonds is 4. The van der Waals surface area contributed by atoms with Gasteiger partial charge in [0.15, 0.2) is 0 Å². The van der Waals surface area contributed by atoms with E-state index in [4.69, 9.17) is 11.6 Å². The first-order valence-corrected chi connectivity index (χ1v) is 5.71. The Hall–Kier alpha value is -1.55. The highest BCUT2D eigenvalue weighted by molar-refractivity contribution is 6.31. The minimum Gasteiger partial charge on any atom is -0.368 e. The van der Waals surface area contributed by atoms with Gasteiger partial charge < -0.3 is 5.32 Å². The molecule has 0 spiro atoms. The Labute approximate surface area is 104 Å². The first kappa shape index (κ1) is 11.9. The summed E-state index contributed by atoms with van der Waals surface area (Å²) in [5, 5.41) is 7.74. The molecule has 0 saturated carbocycles. The molecule has 1 heterocycles. The van der Waals surface area contributed by atoms with Crippen LogP contribution in [0.5, 0.6) is 0 Å². The molecule has 0 unspecified atom stereocenters. The number of aromatic nitrogens is 2. The van der Waals surface area contributed by atoms with Gasteiger partial charge in [-0.05, 0) is 18.6 Å². The molecular weight excluding hydrogens is 241 g/mol. The third-order valence-corrected chi connectivity index (χ3v) is 2.81. The first-order valence-electron chi connectivity index (χ1n) is 5.33. The molecule has 0 atom stereocenters. The van der Waals surface area contributed by atoms with Crippen LogP contribution in [-0.2, 0) is 13.5 Å². The zero-order chi connectivity index (χ0) is 12.3. The minimum atomic E-state index is -0.264. The maximum absolute atomic E-state index is 13.4. The number of nitrogens with one attached hydrogen (secondary N) is 1. The van der Waals surface area contributed by atoms with E-state index in [-0.39, 0.29) is 5.82 Å². The van der Waals surface area contributed by atoms with Crippen LogP contribution >= 0.6 is 11.6 Å². The lowest BCUT2D eigenvalue weighted by atomic mass is 10.1. The summed E-state index contributed by atoms with van der Waals surface area (Å²) in [6, 6.07) is 6.58. The predicted octanol–water partition coefficient (Wildman–Crippen LogP) is 2.87. The van der Waals surface area contributed by atoms with E-state index in [0.717, 1.165) is 5.82 Å². The van der Waals surface area contributed by atoms with E-state index in [1.165, 1.54) is 6.07 Å². The molecule has 0 bridgehead atoms. The molecule has 0 fully saturated rings. The molecule has 90 valence electrons. The van der Waals surface area contributed by atoms with Crippen LogP contribution in [0.3, 0.4) is 0 Å². The molecule has 0 aliphatic heterocycles. The lowest BCUT2D eigenvalue weighted by molar-refractivity contribution is 0.610. The first-order chi connectivity index (χ1) is 8.16. The number of anilines is 1. The molecule has 2 aromatic rings. The van der Waals surface area contributed by atoms with Gasteiger partial charge in [-0.1, -0.05) is 17.7 Å². The van der Waals surface area contributed by atoms with Crippen LogP contribution in [0.15, 0.2) is 30.5 Å². The summed E-state index contributed by atoms with van der Waals surface area (Å²) in [4.78, 5) is 0. The Balaban J connectivity index is 1.94. The highest BCUT2D eigenvalue weighted by Gasteiger charge is 2.06. The van der Waals surface area contributed by atoms with Crippen molar-refractivity contribution in [2.24, 2.45) is 7.05 Å². The van der Waals surface area contributed by atoms with Crippen LogP contribution in [0.25, 0.3) is 0 Å². The van der Waals surface area contributed by atoms with E-state index < -0.39 is 0 Å². The fourth-order valence-corrected chi connectivity index (χ4v) is 1.85. The zero-order valence-corrected chi connectivity index (χ0v) is 10.2. The quantitative estimate of drug-likeness (QED) is 0.908. The Morgan fingerprint density at radius 1 is 1.41 bits per heavy atom. The van der Waals surface area contributed by atoms with Gasteiger partial charge in [0.25, 0.3) is 0 Å². The standard InChI is InChI=1S/C12H13ClFN3/c1-17-8-6-12(16-17)15-7-5-9-10(13)3-2-4-11(9)14/h2-4,6,8H,5,7H2,1H3,(H,15,16). The van der Waals surface area contributed by atoms with Crippen molar-refractivity contribution in [3.8, 4) is 0 Å². The van der Waals surface area contributed by atoms with Crippen molar-refractivity contribution < 1.29 is 4.39 Å². The van der Waals surface area contributed by atoms with E-state index in [1.807, 2.05) is 19.3 Å². The monoisotopic (exact) mass is 253 g/mol. The van der Waals surface area contributed by atoms with Gasteiger partial charge in [-0.25, -0.2) is 4.39 Å². The van der Waals surface area contributed by atoms with Gasteiger partial charge in [0, 0.05) is 36.4 Å². The summed E-state index contributed by atoms with van der Waals surface area (Å²) in [7, 11) is 1.85. The summed E-state index contributed by atoms with van der Waals surface area (Å²) < 4.78 is 15.2. The molecule has 0 aliphatic carbocycles. The molecule has 0 amide bonds. The smallest absolute Gasteiger partial charge is 0.147 e. The van der Waals surface area contributed by atoms with Crippen molar-refractivity contribution in [3.63, 3.8) is 0 Å². The average Bonchev–Trinajstić information content (AvgIpc) is 2.69. The molecular formula is C12H13ClFN3. The van der Waals surface area contributed by atoms with Crippen molar-refractivity contribution in [1.29, 1.82) is 0 Å². The summed E-state index contributed by atoms with van der Waals surface area (Å²) in [5.74, 6) is 0.514. The van der Waals surface area contributed by atoms with E-state index in [2.05, 4.69) is 10.4 Å². The van der Waals surface area contributed by atoms with E-state index >= 15 is 0 Å². The Bertz CT molecular complexity index is 490. The van der Waals surface area contributed by atoms with Crippen LogP contribution in [-0.4, -0.2) is 16.3 Å². The molecule has 0 saturated heterocycles. The summed E-state index contributed by atoms with van der Waals surface area (Å²) >= 11 is 5.93. The zero-order valence-electron chi connectivity index (χ0n) is 9.45. The maximum Gasteiger partial charge on any atom is 0.147 e. The predicted molar refractivity (Wildman–Crippen MR) is 66.8 cm³/mol. The molecule has 1 aromatic carbocycles. The van der Waals surface area contributed by atoms with E-state index in [0.29, 0.717) is 23.6 Å². The van der Waals surface area contributed by atoms with Gasteiger partial charge in [0.05, 0.1) is 0 Å². The van der Waals surface area contributed by atoms with E-state index in [1.54, 1.807) is 16.8 Å². The maximum atomic E-state index is 13.4. The third kappa shape index (κ3) is 2.97. The number of hydrogen-bond donors (Lipinski definition) is 1. The highest BCUT2D eigenvalue weighted by atomic mass is 35.5. The van der Waals surface area contributed by atoms with Crippen molar-refractivity contribution in [2.45, 2.75) is 6.42 Å². The van der Waals surface area contributed by atoms with E-state index in [9.17, 15) is 4.39 Å². The van der Waals surface area contributed by atoms with Crippen molar-refractivity contribution in [1.82, 2.24) is 9.78 Å². The Morgan fingerprint density at radius 3 is 2.88 bits per heavy atom. The normalized spacial score (nSPS) is 10.5. The second kappa shape index (κ2) is 5.19. The molecule has 2 rings (SSSR count). The number of hydrogen-bond acceptors (Lipinski definition) is 2. The highest BCUT2D eigenvalue weighted by Crippen LogP contribution is 2.19. The van der Waals surface area contributed by atoms with Gasteiger partial charge in [0.2, 0.25) is 0 Å². The number of halogens is 2. The van der Waals surface area contributed by atoms with Crippen LogP contribution in [0, 0.1) is 5.82 Å². The fraction of sp³-hybridized carbons (Fsp3) is 0.250. The lowest BCUT2D eigenvalue weighted by Crippen LogP contribution is -2.07. The van der Waals surface area contributed by atoms with Crippen molar-refractivity contribution in [2.75, 3.05) is 11.9 Å². The van der Waals surface area contributed by atoms with Crippen LogP contribution in [0.2, 0.25) is 5.02 Å². The Kier molecular flexibility index (Phi) is 3.64. The molecule has 1 aromatic heterocycles. The largest absolute Gasteiger partial charge is 0.368 e. The minimum absolute atomic E-state index is 0.264. The van der Waals surface area contributed by atoms with Crippen molar-refractivity contribution >= 4 is 17.4 Å². The topological polar surface area (TPSA) is 29.9 Å². The molecule has 0 radical (unpaired) electrons. The summed E-state index contributed by atoms with van der Waals surface area (Å²) in [6.45, 7) is 0.595. The number of nitrogens with zero attached hydrogens (tertiary/aromatic N) is 2. The third-order valence-electron chi connectivity index (χ3n) is 2.46. The number of benzene rings is 1. The summed E-state index contributed by atoms with van der Waals surface area (Å²) in [6.07, 6.45) is 2.38. The van der Waals surface area contributed by atoms with Crippen LogP contribution in [0.4, 0.5) is 10.2 Å². The van der Waals surface area contributed by atoms with Gasteiger partial charge >= 0.3 is 0 Å². The summed E-state index contributed by atoms with van der Waals surface area (Å²) in [5.41, 5.74) is 0.539. The molecule has 3 nitrogen and oxygen atoms in total. The molecule has 1 N–H and O–H groups in total. The van der Waals surface area contributed by atoms with Gasteiger partial charge in [-0.2, -0.15) is 5.10 Å². The van der Waals surface area contributed by atoms with Gasteiger partial charge in [0.1, 0.15) is 11.6 Å². The molecule has 0 aliphatic rings. The lowest BCUT2D eigenvalue weighted by Gasteiger charge is -2.06. The fourth-order valence-electron chi connectivity index (χ4n) is 1.60. The number of aryl methyl sites for hydroxylation is 1. The SMILES string of the molecule is Cn1ccc(NCCc2c(F)cccc2Cl)n1. The second-order valence-corrected chi connectivity index (χ2v) is 4.16. The van der Waals surface area contributed by atoms with Crippen LogP contribution in [0.1, 0.15) is 5.56 Å². The average molecular weight is 254 g/mol. The van der Waals surface area contributed by atoms with Crippen molar-refractivity contribution in [3.05, 3.63) is 46.9 Å². The molecule has 17 heavy (non-hydrogen) atoms. The van der Waals surface area contributed by atoms with Crippen LogP contribution < -0.4 is 5.32 Å². The van der Waals surface area contributed by atoms with Gasteiger partial charge in [-0.15, -0.1) is 0 Å².